The number of hydrogen-bond acceptors (Lipinski definition) is 5. The molecule has 3 heterocycles. The largest absolute Gasteiger partial charge is 0.457 e. The van der Waals surface area contributed by atoms with Crippen molar-refractivity contribution in [2.24, 2.45) is 0 Å². The number of benzene rings is 3. The van der Waals surface area contributed by atoms with Gasteiger partial charge in [-0.1, -0.05) is 53.7 Å². The van der Waals surface area contributed by atoms with Crippen molar-refractivity contribution in [3.05, 3.63) is 132 Å². The van der Waals surface area contributed by atoms with Gasteiger partial charge in [-0.05, 0) is 91.9 Å². The zero-order valence-electron chi connectivity index (χ0n) is 20.7. The number of ether oxygens (including phenoxy) is 1. The molecule has 1 saturated heterocycles. The van der Waals surface area contributed by atoms with Crippen molar-refractivity contribution in [2.75, 3.05) is 4.90 Å². The van der Waals surface area contributed by atoms with Crippen LogP contribution < -0.4 is 15.0 Å². The Kier molecular flexibility index (Phi) is 6.86. The first-order chi connectivity index (χ1) is 18.6. The van der Waals surface area contributed by atoms with Crippen LogP contribution in [0.3, 0.4) is 0 Å². The molecule has 2 atom stereocenters. The molecule has 6 rings (SSSR count). The van der Waals surface area contributed by atoms with Crippen molar-refractivity contribution in [2.45, 2.75) is 29.0 Å². The van der Waals surface area contributed by atoms with Crippen molar-refractivity contribution in [3.63, 3.8) is 0 Å². The summed E-state index contributed by atoms with van der Waals surface area (Å²) < 4.78 is 12.4. The fourth-order valence-electron chi connectivity index (χ4n) is 4.49. The summed E-state index contributed by atoms with van der Waals surface area (Å²) in [6, 6.07) is 35.7. The molecule has 1 fully saturated rings. The van der Waals surface area contributed by atoms with Crippen LogP contribution in [0.2, 0.25) is 0 Å². The second-order valence-electron chi connectivity index (χ2n) is 8.98. The molecule has 3 aromatic carbocycles. The number of nitrogens with zero attached hydrogens (tertiary/aromatic N) is 2. The van der Waals surface area contributed by atoms with Crippen LogP contribution >= 0.6 is 24.0 Å². The summed E-state index contributed by atoms with van der Waals surface area (Å²) in [5.74, 6) is 2.37. The number of anilines is 1. The normalized spacial score (nSPS) is 16.9. The number of furan rings is 1. The molecular formula is C31H25N3O2S2. The monoisotopic (exact) mass is 535 g/mol. The van der Waals surface area contributed by atoms with Crippen molar-refractivity contribution in [1.29, 1.82) is 0 Å². The molecule has 7 heteroatoms. The minimum atomic E-state index is -0.216. The number of aromatic nitrogens is 1. The first kappa shape index (κ1) is 24.3. The highest BCUT2D eigenvalue weighted by Crippen LogP contribution is 2.43. The van der Waals surface area contributed by atoms with Crippen molar-refractivity contribution in [1.82, 2.24) is 10.3 Å². The van der Waals surface area contributed by atoms with E-state index < -0.39 is 0 Å². The summed E-state index contributed by atoms with van der Waals surface area (Å²) in [5.41, 5.74) is 3.03. The third-order valence-electron chi connectivity index (χ3n) is 6.32. The predicted molar refractivity (Wildman–Crippen MR) is 155 cm³/mol. The average Bonchev–Trinajstić information content (AvgIpc) is 3.55. The van der Waals surface area contributed by atoms with E-state index in [1.807, 2.05) is 97.1 Å². The van der Waals surface area contributed by atoms with Gasteiger partial charge in [0.2, 0.25) is 0 Å². The van der Waals surface area contributed by atoms with Crippen molar-refractivity contribution in [3.8, 4) is 11.5 Å². The molecule has 0 saturated carbocycles. The predicted octanol–water partition coefficient (Wildman–Crippen LogP) is 8.10. The molecule has 1 aliphatic heterocycles. The van der Waals surface area contributed by atoms with Crippen LogP contribution in [-0.4, -0.2) is 10.1 Å². The standard InChI is InChI=1S/C31H25N3O2S2/c1-21-10-14-23(15-11-21)35-24-16-12-22(13-17-24)34-30(29(33-31(34)37)26-9-5-6-20-32-26)27-18-19-28(36-27)38-25-7-3-2-4-8-25/h2-20,29-30H,1H3,(H,33,37)/t29-,30-/m1/s1. The van der Waals surface area contributed by atoms with Crippen LogP contribution in [0.15, 0.2) is 130 Å². The molecule has 188 valence electrons. The third kappa shape index (κ3) is 5.16. The number of nitrogens with one attached hydrogen (secondary N) is 1. The summed E-state index contributed by atoms with van der Waals surface area (Å²) >= 11 is 7.44. The highest BCUT2D eigenvalue weighted by atomic mass is 32.2. The Hall–Kier alpha value is -4.07. The molecule has 38 heavy (non-hydrogen) atoms. The lowest BCUT2D eigenvalue weighted by Crippen LogP contribution is -2.29. The minimum Gasteiger partial charge on any atom is -0.457 e. The molecule has 0 unspecified atom stereocenters. The molecular weight excluding hydrogens is 510 g/mol. The maximum atomic E-state index is 6.40. The van der Waals surface area contributed by atoms with Gasteiger partial charge in [0.05, 0.1) is 11.7 Å². The molecule has 0 spiro atoms. The number of hydrogen-bond donors (Lipinski definition) is 1. The molecule has 0 bridgehead atoms. The van der Waals surface area contributed by atoms with Crippen molar-refractivity contribution >= 4 is 34.8 Å². The van der Waals surface area contributed by atoms with Gasteiger partial charge >= 0.3 is 0 Å². The summed E-state index contributed by atoms with van der Waals surface area (Å²) in [5, 5.41) is 4.92. The Balaban J connectivity index is 1.31. The molecule has 5 aromatic rings. The van der Waals surface area contributed by atoms with Gasteiger partial charge < -0.3 is 19.4 Å². The average molecular weight is 536 g/mol. The lowest BCUT2D eigenvalue weighted by atomic mass is 10.0. The fourth-order valence-corrected chi connectivity index (χ4v) is 5.64. The third-order valence-corrected chi connectivity index (χ3v) is 7.57. The van der Waals surface area contributed by atoms with Crippen molar-refractivity contribution < 1.29 is 9.15 Å². The van der Waals surface area contributed by atoms with Crippen LogP contribution in [0.25, 0.3) is 0 Å². The Bertz CT molecular complexity index is 1520. The number of thiocarbonyl (C=S) groups is 1. The quantitative estimate of drug-likeness (QED) is 0.211. The van der Waals surface area contributed by atoms with E-state index in [1.54, 1.807) is 18.0 Å². The molecule has 5 nitrogen and oxygen atoms in total. The SMILES string of the molecule is Cc1ccc(Oc2ccc(N3C(=S)N[C@H](c4ccccn4)[C@H]3c3ccc(Sc4ccccc4)o3)cc2)cc1. The van der Waals surface area contributed by atoms with E-state index in [-0.39, 0.29) is 12.1 Å². The second kappa shape index (κ2) is 10.7. The van der Waals surface area contributed by atoms with Gasteiger partial charge in [-0.25, -0.2) is 0 Å². The van der Waals surface area contributed by atoms with Crippen LogP contribution in [0.1, 0.15) is 29.1 Å². The maximum absolute atomic E-state index is 6.40. The molecule has 0 radical (unpaired) electrons. The molecule has 1 aliphatic rings. The Labute approximate surface area is 231 Å². The Morgan fingerprint density at radius 2 is 1.55 bits per heavy atom. The lowest BCUT2D eigenvalue weighted by Gasteiger charge is -2.26. The number of aryl methyl sites for hydroxylation is 1. The number of pyridine rings is 1. The topological polar surface area (TPSA) is 50.5 Å². The first-order valence-electron chi connectivity index (χ1n) is 12.3. The molecule has 2 aromatic heterocycles. The van der Waals surface area contributed by atoms with Gasteiger partial charge in [-0.2, -0.15) is 0 Å². The van der Waals surface area contributed by atoms with Gasteiger partial charge in [-0.3, -0.25) is 4.98 Å². The zero-order chi connectivity index (χ0) is 25.9. The lowest BCUT2D eigenvalue weighted by molar-refractivity contribution is 0.383. The number of rotatable bonds is 7. The minimum absolute atomic E-state index is 0.173. The fraction of sp³-hybridized carbons (Fsp3) is 0.0968. The summed E-state index contributed by atoms with van der Waals surface area (Å²) in [4.78, 5) is 7.84. The molecule has 0 aliphatic carbocycles. The Morgan fingerprint density at radius 1 is 0.842 bits per heavy atom. The van der Waals surface area contributed by atoms with E-state index in [9.17, 15) is 0 Å². The summed E-state index contributed by atoms with van der Waals surface area (Å²) in [6.07, 6.45) is 1.80. The van der Waals surface area contributed by atoms with Crippen LogP contribution in [-0.2, 0) is 0 Å². The van der Waals surface area contributed by atoms with Gasteiger partial charge in [0.15, 0.2) is 10.2 Å². The first-order valence-corrected chi connectivity index (χ1v) is 13.5. The van der Waals surface area contributed by atoms with E-state index in [4.69, 9.17) is 21.4 Å². The molecule has 1 N–H and O–H groups in total. The van der Waals surface area contributed by atoms with E-state index in [0.717, 1.165) is 38.6 Å². The molecule has 0 amide bonds. The van der Waals surface area contributed by atoms with E-state index in [1.165, 1.54) is 5.56 Å². The maximum Gasteiger partial charge on any atom is 0.174 e. The highest BCUT2D eigenvalue weighted by molar-refractivity contribution is 7.99. The zero-order valence-corrected chi connectivity index (χ0v) is 22.3. The van der Waals surface area contributed by atoms with Gasteiger partial charge in [0.1, 0.15) is 23.3 Å². The second-order valence-corrected chi connectivity index (χ2v) is 10.4. The van der Waals surface area contributed by atoms with Crippen LogP contribution in [0, 0.1) is 6.92 Å². The Morgan fingerprint density at radius 3 is 2.26 bits per heavy atom. The summed E-state index contributed by atoms with van der Waals surface area (Å²) in [7, 11) is 0. The van der Waals surface area contributed by atoms with Crippen LogP contribution in [0.4, 0.5) is 5.69 Å². The van der Waals surface area contributed by atoms with Gasteiger partial charge in [0, 0.05) is 16.8 Å². The summed E-state index contributed by atoms with van der Waals surface area (Å²) in [6.45, 7) is 2.06. The van der Waals surface area contributed by atoms with Gasteiger partial charge in [0.25, 0.3) is 0 Å². The van der Waals surface area contributed by atoms with E-state index in [2.05, 4.69) is 34.3 Å². The van der Waals surface area contributed by atoms with Crippen LogP contribution in [0.5, 0.6) is 11.5 Å². The highest BCUT2D eigenvalue weighted by Gasteiger charge is 2.42. The van der Waals surface area contributed by atoms with Gasteiger partial charge in [-0.15, -0.1) is 0 Å². The van der Waals surface area contributed by atoms with E-state index in [0.29, 0.717) is 5.11 Å². The van der Waals surface area contributed by atoms with E-state index >= 15 is 0 Å². The smallest absolute Gasteiger partial charge is 0.174 e.